The second-order valence-corrected chi connectivity index (χ2v) is 7.14. The molecule has 140 valence electrons. The molecule has 3 rings (SSSR count). The minimum atomic E-state index is -3.96. The summed E-state index contributed by atoms with van der Waals surface area (Å²) in [6.07, 6.45) is 0.570. The van der Waals surface area contributed by atoms with Crippen molar-refractivity contribution in [3.05, 3.63) is 47.4 Å². The molecule has 1 unspecified atom stereocenters. The molecule has 10 heteroatoms. The third-order valence-corrected chi connectivity index (χ3v) is 4.71. The number of phenolic OH excluding ortho intramolecular Hbond substituents is 1. The molecule has 9 nitrogen and oxygen atoms in total. The summed E-state index contributed by atoms with van der Waals surface area (Å²) in [7, 11) is -3.96. The van der Waals surface area contributed by atoms with Crippen molar-refractivity contribution in [2.24, 2.45) is 9.39 Å². The van der Waals surface area contributed by atoms with Crippen LogP contribution < -0.4 is 10.0 Å². The SMILES string of the molecule is CCC(N=C1NS(=O)(=O)N=C1Nc1cccc(C#N)c1O)c1ccc(C)o1. The molecule has 1 aliphatic rings. The Kier molecular flexibility index (Phi) is 4.87. The van der Waals surface area contributed by atoms with Gasteiger partial charge in [-0.3, -0.25) is 4.99 Å². The maximum atomic E-state index is 11.9. The molecule has 0 bridgehead atoms. The number of anilines is 1. The molecular weight excluding hydrogens is 370 g/mol. The van der Waals surface area contributed by atoms with Gasteiger partial charge in [-0.2, -0.15) is 13.7 Å². The van der Waals surface area contributed by atoms with Gasteiger partial charge >= 0.3 is 10.2 Å². The molecule has 0 aliphatic carbocycles. The quantitative estimate of drug-likeness (QED) is 0.688. The number of benzene rings is 1. The van der Waals surface area contributed by atoms with E-state index in [1.807, 2.05) is 13.0 Å². The number of nitrogens with one attached hydrogen (secondary N) is 2. The van der Waals surface area contributed by atoms with E-state index in [2.05, 4.69) is 19.4 Å². The summed E-state index contributed by atoms with van der Waals surface area (Å²) in [4.78, 5) is 4.42. The maximum Gasteiger partial charge on any atom is 0.345 e. The number of nitrogens with zero attached hydrogens (tertiary/aromatic N) is 3. The Bertz CT molecular complexity index is 1080. The summed E-state index contributed by atoms with van der Waals surface area (Å²) in [6.45, 7) is 3.70. The fourth-order valence-electron chi connectivity index (χ4n) is 2.53. The summed E-state index contributed by atoms with van der Waals surface area (Å²) in [5.74, 6) is 0.933. The molecule has 1 atom stereocenters. The van der Waals surface area contributed by atoms with Gasteiger partial charge in [0.1, 0.15) is 23.6 Å². The fourth-order valence-corrected chi connectivity index (χ4v) is 3.34. The average Bonchev–Trinajstić information content (AvgIpc) is 3.17. The van der Waals surface area contributed by atoms with Gasteiger partial charge < -0.3 is 14.8 Å². The van der Waals surface area contributed by atoms with Crippen molar-refractivity contribution in [2.75, 3.05) is 5.32 Å². The van der Waals surface area contributed by atoms with Gasteiger partial charge in [0.05, 0.1) is 11.3 Å². The van der Waals surface area contributed by atoms with Crippen molar-refractivity contribution in [3.63, 3.8) is 0 Å². The van der Waals surface area contributed by atoms with Gasteiger partial charge in [-0.1, -0.05) is 13.0 Å². The van der Waals surface area contributed by atoms with Crippen molar-refractivity contribution in [2.45, 2.75) is 26.3 Å². The Morgan fingerprint density at radius 2 is 2.19 bits per heavy atom. The smallest absolute Gasteiger partial charge is 0.345 e. The molecule has 0 amide bonds. The molecule has 1 aromatic heterocycles. The molecule has 2 aromatic rings. The number of furan rings is 1. The highest BCUT2D eigenvalue weighted by Gasteiger charge is 2.29. The van der Waals surface area contributed by atoms with Crippen molar-refractivity contribution >= 4 is 27.6 Å². The van der Waals surface area contributed by atoms with Gasteiger partial charge in [-0.05, 0) is 37.6 Å². The topological polar surface area (TPSA) is 140 Å². The molecule has 27 heavy (non-hydrogen) atoms. The predicted molar refractivity (Wildman–Crippen MR) is 99.8 cm³/mol. The zero-order valence-electron chi connectivity index (χ0n) is 14.6. The van der Waals surface area contributed by atoms with E-state index in [0.29, 0.717) is 12.2 Å². The van der Waals surface area contributed by atoms with Crippen LogP contribution in [0.25, 0.3) is 0 Å². The second-order valence-electron chi connectivity index (χ2n) is 5.81. The average molecular weight is 387 g/mol. The van der Waals surface area contributed by atoms with Crippen molar-refractivity contribution in [3.8, 4) is 11.8 Å². The third kappa shape index (κ3) is 3.93. The predicted octanol–water partition coefficient (Wildman–Crippen LogP) is 2.37. The van der Waals surface area contributed by atoms with E-state index in [0.717, 1.165) is 5.76 Å². The molecule has 0 radical (unpaired) electrons. The van der Waals surface area contributed by atoms with Crippen LogP contribution in [0.3, 0.4) is 0 Å². The molecule has 0 fully saturated rings. The highest BCUT2D eigenvalue weighted by molar-refractivity contribution is 7.89. The van der Waals surface area contributed by atoms with Gasteiger partial charge in [0.25, 0.3) is 0 Å². The van der Waals surface area contributed by atoms with Crippen LogP contribution in [-0.2, 0) is 10.2 Å². The Morgan fingerprint density at radius 3 is 2.81 bits per heavy atom. The van der Waals surface area contributed by atoms with E-state index in [4.69, 9.17) is 9.68 Å². The van der Waals surface area contributed by atoms with Crippen LogP contribution in [0.4, 0.5) is 5.69 Å². The van der Waals surface area contributed by atoms with E-state index in [-0.39, 0.29) is 28.7 Å². The van der Waals surface area contributed by atoms with E-state index in [1.165, 1.54) is 12.1 Å². The van der Waals surface area contributed by atoms with Crippen LogP contribution in [0.1, 0.15) is 36.5 Å². The van der Waals surface area contributed by atoms with Crippen LogP contribution in [0.15, 0.2) is 44.1 Å². The first-order valence-electron chi connectivity index (χ1n) is 8.09. The molecule has 1 aromatic carbocycles. The second kappa shape index (κ2) is 7.13. The zero-order chi connectivity index (χ0) is 19.6. The molecule has 0 saturated carbocycles. The highest BCUT2D eigenvalue weighted by atomic mass is 32.2. The molecule has 0 spiro atoms. The summed E-state index contributed by atoms with van der Waals surface area (Å²) in [5, 5.41) is 21.8. The van der Waals surface area contributed by atoms with Gasteiger partial charge in [-0.15, -0.1) is 4.40 Å². The van der Waals surface area contributed by atoms with Gasteiger partial charge in [0, 0.05) is 0 Å². The number of aryl methyl sites for hydroxylation is 1. The number of phenols is 1. The molecule has 0 saturated heterocycles. The lowest BCUT2D eigenvalue weighted by Gasteiger charge is -2.11. The van der Waals surface area contributed by atoms with Crippen molar-refractivity contribution < 1.29 is 17.9 Å². The molecule has 2 heterocycles. The number of amidine groups is 2. The monoisotopic (exact) mass is 387 g/mol. The minimum Gasteiger partial charge on any atom is -0.504 e. The highest BCUT2D eigenvalue weighted by Crippen LogP contribution is 2.28. The standard InChI is InChI=1S/C17H17N5O4S/c1-3-12(14-8-7-10(2)26-14)19-16-17(22-27(24,25)21-16)20-13-6-4-5-11(9-18)15(13)23/h4-8,12,23H,3H2,1-2H3,(H,19,21)(H,20,22). The number of rotatable bonds is 4. The Balaban J connectivity index is 1.96. The first kappa shape index (κ1) is 18.5. The van der Waals surface area contributed by atoms with Crippen molar-refractivity contribution in [1.82, 2.24) is 4.72 Å². The number of aliphatic imine (C=N–C) groups is 1. The normalized spacial score (nSPS) is 17.8. The zero-order valence-corrected chi connectivity index (χ0v) is 15.4. The summed E-state index contributed by atoms with van der Waals surface area (Å²) < 4.78 is 35.2. The first-order valence-corrected chi connectivity index (χ1v) is 9.53. The van der Waals surface area contributed by atoms with Crippen LogP contribution >= 0.6 is 0 Å². The fraction of sp³-hybridized carbons (Fsp3) is 0.235. The number of hydrogen-bond donors (Lipinski definition) is 3. The third-order valence-electron chi connectivity index (χ3n) is 3.83. The lowest BCUT2D eigenvalue weighted by atomic mass is 10.2. The van der Waals surface area contributed by atoms with Gasteiger partial charge in [0.15, 0.2) is 17.4 Å². The lowest BCUT2D eigenvalue weighted by molar-refractivity contribution is 0.442. The van der Waals surface area contributed by atoms with E-state index < -0.39 is 16.3 Å². The van der Waals surface area contributed by atoms with Crippen LogP contribution in [-0.4, -0.2) is 25.2 Å². The number of hydrogen-bond acceptors (Lipinski definition) is 7. The number of nitriles is 1. The number of para-hydroxylation sites is 1. The Morgan fingerprint density at radius 1 is 1.41 bits per heavy atom. The van der Waals surface area contributed by atoms with Gasteiger partial charge in [-0.25, -0.2) is 4.72 Å². The van der Waals surface area contributed by atoms with Gasteiger partial charge in [0.2, 0.25) is 0 Å². The Hall–Kier alpha value is -3.32. The molecular formula is C17H17N5O4S. The maximum absolute atomic E-state index is 11.9. The lowest BCUT2D eigenvalue weighted by Crippen LogP contribution is -2.31. The molecule has 3 N–H and O–H groups in total. The van der Waals surface area contributed by atoms with E-state index >= 15 is 0 Å². The largest absolute Gasteiger partial charge is 0.504 e. The van der Waals surface area contributed by atoms with Crippen LogP contribution in [0.2, 0.25) is 0 Å². The van der Waals surface area contributed by atoms with E-state index in [9.17, 15) is 13.5 Å². The van der Waals surface area contributed by atoms with Crippen LogP contribution in [0, 0.1) is 18.3 Å². The summed E-state index contributed by atoms with van der Waals surface area (Å²) >= 11 is 0. The van der Waals surface area contributed by atoms with Crippen molar-refractivity contribution in [1.29, 1.82) is 5.26 Å². The minimum absolute atomic E-state index is 0.00216. The van der Waals surface area contributed by atoms with E-state index in [1.54, 1.807) is 25.1 Å². The Labute approximate surface area is 156 Å². The summed E-state index contributed by atoms with van der Waals surface area (Å²) in [6, 6.07) is 9.50. The first-order chi connectivity index (χ1) is 12.8. The van der Waals surface area contributed by atoms with Crippen LogP contribution in [0.5, 0.6) is 5.75 Å². The number of aromatic hydroxyl groups is 1. The summed E-state index contributed by atoms with van der Waals surface area (Å²) in [5.41, 5.74) is 0.187. The molecule has 1 aliphatic heterocycles.